The second-order valence-electron chi connectivity index (χ2n) is 6.97. The van der Waals surface area contributed by atoms with Crippen LogP contribution in [0.5, 0.6) is 0 Å². The van der Waals surface area contributed by atoms with Crippen molar-refractivity contribution in [1.82, 2.24) is 4.98 Å². The second-order valence-corrected chi connectivity index (χ2v) is 8.80. The largest absolute Gasteiger partial charge is 0.361 e. The fourth-order valence-corrected chi connectivity index (χ4v) is 4.69. The van der Waals surface area contributed by atoms with Crippen LogP contribution in [-0.2, 0) is 22.9 Å². The van der Waals surface area contributed by atoms with Gasteiger partial charge in [0.05, 0.1) is 0 Å². The SMILES string of the molecule is CCCCc1ccc(S(=O)(=O)[NH2+]C(C)Cc2c[nH]c3ccccc23)cc1. The Balaban J connectivity index is 1.68. The quantitative estimate of drug-likeness (QED) is 0.637. The number of aromatic amines is 1. The molecule has 26 heavy (non-hydrogen) atoms. The van der Waals surface area contributed by atoms with E-state index in [1.54, 1.807) is 12.1 Å². The molecule has 1 aromatic heterocycles. The van der Waals surface area contributed by atoms with Gasteiger partial charge in [-0.3, -0.25) is 0 Å². The van der Waals surface area contributed by atoms with Crippen LogP contribution in [0, 0.1) is 0 Å². The molecular weight excluding hydrogens is 344 g/mol. The lowest BCUT2D eigenvalue weighted by atomic mass is 10.1. The number of aryl methyl sites for hydroxylation is 1. The lowest BCUT2D eigenvalue weighted by Gasteiger charge is -2.11. The number of sulfonamides is 1. The molecule has 0 aliphatic rings. The summed E-state index contributed by atoms with van der Waals surface area (Å²) in [5.41, 5.74) is 3.42. The number of hydrogen-bond acceptors (Lipinski definition) is 2. The molecule has 3 aromatic rings. The van der Waals surface area contributed by atoms with Crippen LogP contribution in [-0.4, -0.2) is 19.4 Å². The Hall–Kier alpha value is -2.11. The van der Waals surface area contributed by atoms with Gasteiger partial charge in [0.1, 0.15) is 10.9 Å². The number of primary sulfonamides is 1. The van der Waals surface area contributed by atoms with E-state index in [0.717, 1.165) is 35.7 Å². The molecule has 3 rings (SSSR count). The maximum Gasteiger partial charge on any atom is 0.324 e. The number of quaternary nitrogens is 1. The van der Waals surface area contributed by atoms with E-state index in [1.807, 2.05) is 43.5 Å². The molecule has 3 N–H and O–H groups in total. The molecule has 0 aliphatic heterocycles. The van der Waals surface area contributed by atoms with Crippen molar-refractivity contribution in [2.45, 2.75) is 50.5 Å². The third-order valence-corrected chi connectivity index (χ3v) is 6.45. The molecule has 1 atom stereocenters. The third kappa shape index (κ3) is 4.34. The first-order chi connectivity index (χ1) is 12.5. The Kier molecular flexibility index (Phi) is 5.79. The van der Waals surface area contributed by atoms with Crippen LogP contribution in [0.3, 0.4) is 0 Å². The van der Waals surface area contributed by atoms with Gasteiger partial charge in [0, 0.05) is 23.5 Å². The Morgan fingerprint density at radius 1 is 1.08 bits per heavy atom. The molecule has 0 fully saturated rings. The number of benzene rings is 2. The van der Waals surface area contributed by atoms with Gasteiger partial charge in [0.15, 0.2) is 0 Å². The van der Waals surface area contributed by atoms with Gasteiger partial charge in [-0.2, -0.15) is 8.42 Å². The number of rotatable bonds is 8. The number of aromatic nitrogens is 1. The van der Waals surface area contributed by atoms with Crippen molar-refractivity contribution in [1.29, 1.82) is 0 Å². The minimum Gasteiger partial charge on any atom is -0.361 e. The van der Waals surface area contributed by atoms with E-state index in [9.17, 15) is 8.42 Å². The summed E-state index contributed by atoms with van der Waals surface area (Å²) in [5.74, 6) is 0. The summed E-state index contributed by atoms with van der Waals surface area (Å²) >= 11 is 0. The van der Waals surface area contributed by atoms with Gasteiger partial charge in [-0.1, -0.05) is 43.7 Å². The minimum absolute atomic E-state index is 0.0704. The molecule has 4 nitrogen and oxygen atoms in total. The Morgan fingerprint density at radius 3 is 2.54 bits per heavy atom. The maximum absolute atomic E-state index is 12.7. The van der Waals surface area contributed by atoms with E-state index in [4.69, 9.17) is 0 Å². The number of para-hydroxylation sites is 1. The third-order valence-electron chi connectivity index (χ3n) is 4.70. The summed E-state index contributed by atoms with van der Waals surface area (Å²) in [6.45, 7) is 4.11. The lowest BCUT2D eigenvalue weighted by molar-refractivity contribution is -0.535. The number of nitrogens with two attached hydrogens (primary N) is 1. The molecular formula is C21H27N2O2S+. The average molecular weight is 372 g/mol. The lowest BCUT2D eigenvalue weighted by Crippen LogP contribution is -2.92. The first-order valence-electron chi connectivity index (χ1n) is 9.23. The van der Waals surface area contributed by atoms with Gasteiger partial charge < -0.3 is 4.98 Å². The maximum atomic E-state index is 12.7. The zero-order valence-electron chi connectivity index (χ0n) is 15.4. The van der Waals surface area contributed by atoms with Crippen LogP contribution >= 0.6 is 0 Å². The van der Waals surface area contributed by atoms with Crippen molar-refractivity contribution in [2.75, 3.05) is 0 Å². The smallest absolute Gasteiger partial charge is 0.324 e. The van der Waals surface area contributed by atoms with E-state index < -0.39 is 10.0 Å². The van der Waals surface area contributed by atoms with E-state index in [2.05, 4.69) is 18.0 Å². The van der Waals surface area contributed by atoms with Crippen LogP contribution in [0.2, 0.25) is 0 Å². The monoisotopic (exact) mass is 371 g/mol. The summed E-state index contributed by atoms with van der Waals surface area (Å²) < 4.78 is 26.9. The van der Waals surface area contributed by atoms with E-state index in [0.29, 0.717) is 11.3 Å². The number of hydrogen-bond donors (Lipinski definition) is 2. The van der Waals surface area contributed by atoms with Crippen molar-refractivity contribution < 1.29 is 13.1 Å². The highest BCUT2D eigenvalue weighted by atomic mass is 32.2. The van der Waals surface area contributed by atoms with E-state index >= 15 is 0 Å². The average Bonchev–Trinajstić information content (AvgIpc) is 3.03. The standard InChI is InChI=1S/C21H26N2O2S/c1-3-4-7-17-10-12-19(13-11-17)26(24,25)23-16(2)14-18-15-22-21-9-6-5-8-20(18)21/h5-6,8-13,15-16,22-23H,3-4,7,14H2,1-2H3/p+1. The molecule has 1 heterocycles. The number of nitrogens with one attached hydrogen (secondary N) is 1. The highest BCUT2D eigenvalue weighted by molar-refractivity contribution is 7.84. The summed E-state index contributed by atoms with van der Waals surface area (Å²) in [5, 5.41) is 1.16. The molecule has 0 bridgehead atoms. The highest BCUT2D eigenvalue weighted by Crippen LogP contribution is 2.18. The Labute approximate surface area is 155 Å². The summed E-state index contributed by atoms with van der Waals surface area (Å²) in [7, 11) is -3.39. The van der Waals surface area contributed by atoms with Crippen LogP contribution in [0.15, 0.2) is 59.6 Å². The van der Waals surface area contributed by atoms with Gasteiger partial charge in [-0.05, 0) is 49.1 Å². The normalized spacial score (nSPS) is 13.2. The van der Waals surface area contributed by atoms with Crippen LogP contribution in [0.1, 0.15) is 37.8 Å². The zero-order valence-corrected chi connectivity index (χ0v) is 16.2. The molecule has 0 aliphatic carbocycles. The van der Waals surface area contributed by atoms with Gasteiger partial charge in [-0.25, -0.2) is 4.72 Å². The predicted octanol–water partition coefficient (Wildman–Crippen LogP) is 3.39. The van der Waals surface area contributed by atoms with Crippen molar-refractivity contribution in [3.05, 3.63) is 65.9 Å². The van der Waals surface area contributed by atoms with Gasteiger partial charge >= 0.3 is 10.0 Å². The molecule has 0 amide bonds. The van der Waals surface area contributed by atoms with E-state index in [-0.39, 0.29) is 6.04 Å². The second kappa shape index (κ2) is 8.06. The first kappa shape index (κ1) is 18.7. The summed E-state index contributed by atoms with van der Waals surface area (Å²) in [6, 6.07) is 15.4. The number of unbranched alkanes of at least 4 members (excludes halogenated alkanes) is 1. The number of fused-ring (bicyclic) bond motifs is 1. The fraction of sp³-hybridized carbons (Fsp3) is 0.333. The van der Waals surface area contributed by atoms with Gasteiger partial charge in [-0.15, -0.1) is 0 Å². The molecule has 0 saturated heterocycles. The predicted molar refractivity (Wildman–Crippen MR) is 106 cm³/mol. The Morgan fingerprint density at radius 2 is 1.81 bits per heavy atom. The topological polar surface area (TPSA) is 66.5 Å². The molecule has 0 radical (unpaired) electrons. The van der Waals surface area contributed by atoms with Crippen molar-refractivity contribution in [3.63, 3.8) is 0 Å². The minimum atomic E-state index is -3.39. The van der Waals surface area contributed by atoms with Crippen LogP contribution < -0.4 is 4.72 Å². The Bertz CT molecular complexity index is 959. The van der Waals surface area contributed by atoms with Crippen LogP contribution in [0.4, 0.5) is 0 Å². The van der Waals surface area contributed by atoms with Crippen molar-refractivity contribution in [3.8, 4) is 0 Å². The molecule has 1 unspecified atom stereocenters. The number of H-pyrrole nitrogens is 1. The summed E-state index contributed by atoms with van der Waals surface area (Å²) in [4.78, 5) is 3.63. The van der Waals surface area contributed by atoms with Crippen molar-refractivity contribution in [2.24, 2.45) is 0 Å². The first-order valence-corrected chi connectivity index (χ1v) is 10.8. The molecule has 138 valence electrons. The molecule has 2 aromatic carbocycles. The van der Waals surface area contributed by atoms with Gasteiger partial charge in [0.2, 0.25) is 0 Å². The van der Waals surface area contributed by atoms with Crippen molar-refractivity contribution >= 4 is 20.9 Å². The molecule has 0 spiro atoms. The van der Waals surface area contributed by atoms with Gasteiger partial charge in [0.25, 0.3) is 0 Å². The highest BCUT2D eigenvalue weighted by Gasteiger charge is 2.22. The zero-order chi connectivity index (χ0) is 18.6. The van der Waals surface area contributed by atoms with E-state index in [1.165, 1.54) is 10.3 Å². The van der Waals surface area contributed by atoms with Crippen LogP contribution in [0.25, 0.3) is 10.9 Å². The molecule has 0 saturated carbocycles. The molecule has 5 heteroatoms. The summed E-state index contributed by atoms with van der Waals surface area (Å²) in [6.07, 6.45) is 5.93. The fourth-order valence-electron chi connectivity index (χ4n) is 3.31.